The maximum absolute atomic E-state index is 12.2. The second-order valence-electron chi connectivity index (χ2n) is 4.64. The Labute approximate surface area is 118 Å². The molecule has 1 aromatic carbocycles. The summed E-state index contributed by atoms with van der Waals surface area (Å²) in [4.78, 5) is 24.0. The van der Waals surface area contributed by atoms with Crippen LogP contribution in [0.2, 0.25) is 0 Å². The third-order valence-electron chi connectivity index (χ3n) is 2.93. The van der Waals surface area contributed by atoms with Crippen molar-refractivity contribution in [1.82, 2.24) is 4.90 Å². The van der Waals surface area contributed by atoms with Gasteiger partial charge in [0.2, 0.25) is 5.91 Å². The van der Waals surface area contributed by atoms with Crippen molar-refractivity contribution in [2.75, 3.05) is 13.1 Å². The van der Waals surface area contributed by atoms with Crippen molar-refractivity contribution in [2.45, 2.75) is 33.1 Å². The van der Waals surface area contributed by atoms with E-state index in [0.717, 1.165) is 12.8 Å². The van der Waals surface area contributed by atoms with E-state index in [1.54, 1.807) is 4.90 Å². The fraction of sp³-hybridized carbons (Fsp3) is 0.500. The Hall–Kier alpha value is -2.11. The van der Waals surface area contributed by atoms with Crippen LogP contribution >= 0.6 is 0 Å². The Kier molecular flexibility index (Phi) is 5.96. The molecule has 0 spiro atoms. The van der Waals surface area contributed by atoms with Gasteiger partial charge in [-0.1, -0.05) is 19.9 Å². The number of phenols is 1. The predicted molar refractivity (Wildman–Crippen MR) is 75.6 cm³/mol. The minimum Gasteiger partial charge on any atom is -0.502 e. The SMILES string of the molecule is CCCN(CCC)C(=O)Cc1ccc(O)c([N+](=O)[O-])c1. The molecule has 0 saturated heterocycles. The first-order valence-electron chi connectivity index (χ1n) is 6.73. The molecule has 0 aliphatic rings. The molecule has 6 heteroatoms. The Morgan fingerprint density at radius 2 is 1.90 bits per heavy atom. The minimum absolute atomic E-state index is 0.0475. The molecule has 1 N–H and O–H groups in total. The van der Waals surface area contributed by atoms with Crippen LogP contribution in [-0.4, -0.2) is 33.9 Å². The van der Waals surface area contributed by atoms with Gasteiger partial charge in [-0.25, -0.2) is 0 Å². The topological polar surface area (TPSA) is 83.7 Å². The summed E-state index contributed by atoms with van der Waals surface area (Å²) in [5, 5.41) is 20.1. The predicted octanol–water partition coefficient (Wildman–Crippen LogP) is 2.49. The van der Waals surface area contributed by atoms with Crippen molar-refractivity contribution in [3.05, 3.63) is 33.9 Å². The lowest BCUT2D eigenvalue weighted by Crippen LogP contribution is -2.33. The number of hydrogen-bond donors (Lipinski definition) is 1. The summed E-state index contributed by atoms with van der Waals surface area (Å²) >= 11 is 0. The Bertz CT molecular complexity index is 482. The lowest BCUT2D eigenvalue weighted by Gasteiger charge is -2.21. The third kappa shape index (κ3) is 4.22. The summed E-state index contributed by atoms with van der Waals surface area (Å²) in [6.45, 7) is 5.38. The van der Waals surface area contributed by atoms with Crippen LogP contribution in [0.4, 0.5) is 5.69 Å². The fourth-order valence-corrected chi connectivity index (χ4v) is 2.01. The number of nitro benzene ring substituents is 1. The van der Waals surface area contributed by atoms with E-state index < -0.39 is 4.92 Å². The quantitative estimate of drug-likeness (QED) is 0.614. The highest BCUT2D eigenvalue weighted by Gasteiger charge is 2.17. The molecule has 0 radical (unpaired) electrons. The van der Waals surface area contributed by atoms with E-state index in [2.05, 4.69) is 0 Å². The van der Waals surface area contributed by atoms with E-state index >= 15 is 0 Å². The highest BCUT2D eigenvalue weighted by molar-refractivity contribution is 5.79. The van der Waals surface area contributed by atoms with E-state index in [-0.39, 0.29) is 23.8 Å². The first kappa shape index (κ1) is 15.9. The number of amides is 1. The molecule has 0 heterocycles. The number of phenolic OH excluding ortho intramolecular Hbond substituents is 1. The largest absolute Gasteiger partial charge is 0.502 e. The van der Waals surface area contributed by atoms with Gasteiger partial charge in [0.15, 0.2) is 5.75 Å². The van der Waals surface area contributed by atoms with Crippen LogP contribution < -0.4 is 0 Å². The molecule has 0 aliphatic carbocycles. The molecule has 0 aromatic heterocycles. The standard InChI is InChI=1S/C14H20N2O4/c1-3-7-15(8-4-2)14(18)10-11-5-6-13(17)12(9-11)16(19)20/h5-6,9,17H,3-4,7-8,10H2,1-2H3. The number of hydrogen-bond acceptors (Lipinski definition) is 4. The minimum atomic E-state index is -0.654. The number of carbonyl (C=O) groups is 1. The van der Waals surface area contributed by atoms with Crippen molar-refractivity contribution < 1.29 is 14.8 Å². The molecular formula is C14H20N2O4. The van der Waals surface area contributed by atoms with Crippen LogP contribution in [0.3, 0.4) is 0 Å². The number of carbonyl (C=O) groups excluding carboxylic acids is 1. The average Bonchev–Trinajstić information content (AvgIpc) is 2.40. The molecule has 0 saturated carbocycles. The van der Waals surface area contributed by atoms with E-state index in [1.807, 2.05) is 13.8 Å². The normalized spacial score (nSPS) is 10.3. The van der Waals surface area contributed by atoms with E-state index in [0.29, 0.717) is 18.7 Å². The summed E-state index contributed by atoms with van der Waals surface area (Å²) in [6, 6.07) is 4.05. The van der Waals surface area contributed by atoms with Crippen LogP contribution in [0.25, 0.3) is 0 Å². The van der Waals surface area contributed by atoms with Gasteiger partial charge in [0.1, 0.15) is 0 Å². The molecule has 1 rings (SSSR count). The summed E-state index contributed by atoms with van der Waals surface area (Å²) in [5.41, 5.74) is 0.171. The fourth-order valence-electron chi connectivity index (χ4n) is 2.01. The molecular weight excluding hydrogens is 260 g/mol. The van der Waals surface area contributed by atoms with Crippen LogP contribution in [0.15, 0.2) is 18.2 Å². The van der Waals surface area contributed by atoms with Crippen molar-refractivity contribution in [2.24, 2.45) is 0 Å². The van der Waals surface area contributed by atoms with Gasteiger partial charge in [0.25, 0.3) is 0 Å². The molecule has 20 heavy (non-hydrogen) atoms. The van der Waals surface area contributed by atoms with Crippen molar-refractivity contribution in [1.29, 1.82) is 0 Å². The van der Waals surface area contributed by atoms with Gasteiger partial charge in [0.05, 0.1) is 11.3 Å². The van der Waals surface area contributed by atoms with Crippen LogP contribution in [0.5, 0.6) is 5.75 Å². The lowest BCUT2D eigenvalue weighted by molar-refractivity contribution is -0.385. The van der Waals surface area contributed by atoms with Crippen LogP contribution in [-0.2, 0) is 11.2 Å². The molecule has 0 atom stereocenters. The Balaban J connectivity index is 2.84. The molecule has 0 unspecified atom stereocenters. The second kappa shape index (κ2) is 7.47. The smallest absolute Gasteiger partial charge is 0.310 e. The summed E-state index contributed by atoms with van der Waals surface area (Å²) in [6.07, 6.45) is 1.87. The highest BCUT2D eigenvalue weighted by Crippen LogP contribution is 2.26. The molecule has 0 aliphatic heterocycles. The highest BCUT2D eigenvalue weighted by atomic mass is 16.6. The average molecular weight is 280 g/mol. The summed E-state index contributed by atoms with van der Waals surface area (Å²) < 4.78 is 0. The van der Waals surface area contributed by atoms with Gasteiger partial charge in [-0.05, 0) is 24.5 Å². The van der Waals surface area contributed by atoms with Gasteiger partial charge in [-0.15, -0.1) is 0 Å². The molecule has 6 nitrogen and oxygen atoms in total. The van der Waals surface area contributed by atoms with Gasteiger partial charge in [0, 0.05) is 19.2 Å². The molecule has 1 aromatic rings. The van der Waals surface area contributed by atoms with Gasteiger partial charge in [-0.2, -0.15) is 0 Å². The Morgan fingerprint density at radius 3 is 2.40 bits per heavy atom. The molecule has 1 amide bonds. The van der Waals surface area contributed by atoms with Crippen molar-refractivity contribution in [3.63, 3.8) is 0 Å². The number of nitrogens with zero attached hydrogens (tertiary/aromatic N) is 2. The Morgan fingerprint density at radius 1 is 1.30 bits per heavy atom. The maximum atomic E-state index is 12.2. The summed E-state index contributed by atoms with van der Waals surface area (Å²) in [5.74, 6) is -0.432. The zero-order chi connectivity index (χ0) is 15.1. The van der Waals surface area contributed by atoms with E-state index in [4.69, 9.17) is 0 Å². The zero-order valence-electron chi connectivity index (χ0n) is 11.8. The zero-order valence-corrected chi connectivity index (χ0v) is 11.8. The summed E-state index contributed by atoms with van der Waals surface area (Å²) in [7, 11) is 0. The van der Waals surface area contributed by atoms with Crippen LogP contribution in [0.1, 0.15) is 32.3 Å². The molecule has 0 fully saturated rings. The second-order valence-corrected chi connectivity index (χ2v) is 4.64. The number of benzene rings is 1. The number of nitro groups is 1. The number of rotatable bonds is 7. The first-order valence-corrected chi connectivity index (χ1v) is 6.73. The number of aromatic hydroxyl groups is 1. The maximum Gasteiger partial charge on any atom is 0.310 e. The van der Waals surface area contributed by atoms with Crippen molar-refractivity contribution >= 4 is 11.6 Å². The van der Waals surface area contributed by atoms with Crippen molar-refractivity contribution in [3.8, 4) is 5.75 Å². The third-order valence-corrected chi connectivity index (χ3v) is 2.93. The molecule has 0 bridgehead atoms. The lowest BCUT2D eigenvalue weighted by atomic mass is 10.1. The van der Waals surface area contributed by atoms with Gasteiger partial charge < -0.3 is 10.0 Å². The molecule has 110 valence electrons. The monoisotopic (exact) mass is 280 g/mol. The van der Waals surface area contributed by atoms with E-state index in [1.165, 1.54) is 18.2 Å². The van der Waals surface area contributed by atoms with E-state index in [9.17, 15) is 20.0 Å². The van der Waals surface area contributed by atoms with Crippen LogP contribution in [0, 0.1) is 10.1 Å². The van der Waals surface area contributed by atoms with Gasteiger partial charge in [-0.3, -0.25) is 14.9 Å². The van der Waals surface area contributed by atoms with Gasteiger partial charge >= 0.3 is 5.69 Å². The first-order chi connectivity index (χ1) is 9.49.